The Morgan fingerprint density at radius 3 is 2.62 bits per heavy atom. The smallest absolute Gasteiger partial charge is 0.264 e. The molecule has 0 fully saturated rings. The topological polar surface area (TPSA) is 66.8 Å². The van der Waals surface area contributed by atoms with Gasteiger partial charge in [-0.05, 0) is 55.7 Å². The van der Waals surface area contributed by atoms with E-state index in [-0.39, 0.29) is 6.54 Å². The number of hydrogen-bond donors (Lipinski definition) is 1. The maximum atomic E-state index is 13.2. The molecule has 1 aliphatic heterocycles. The number of fused-ring (bicyclic) bond motifs is 1. The summed E-state index contributed by atoms with van der Waals surface area (Å²) in [5, 5.41) is 10.3. The molecule has 0 amide bonds. The summed E-state index contributed by atoms with van der Waals surface area (Å²) < 4.78 is 33.0. The molecule has 0 spiro atoms. The zero-order valence-electron chi connectivity index (χ0n) is 14.0. The zero-order chi connectivity index (χ0) is 17.5. The van der Waals surface area contributed by atoms with E-state index in [1.54, 1.807) is 38.3 Å². The van der Waals surface area contributed by atoms with Crippen LogP contribution in [0.4, 0.5) is 5.69 Å². The van der Waals surface area contributed by atoms with Gasteiger partial charge in [0.15, 0.2) is 0 Å². The molecule has 1 aliphatic rings. The third-order valence-corrected chi connectivity index (χ3v) is 6.33. The SMILES string of the molecule is COc1ccc2c(c1)C(O)CCN2S(=O)(=O)c1cc(C)ccc1C. The van der Waals surface area contributed by atoms with Crippen molar-refractivity contribution < 1.29 is 18.3 Å². The summed E-state index contributed by atoms with van der Waals surface area (Å²) in [6.45, 7) is 3.91. The number of aliphatic hydroxyl groups excluding tert-OH is 1. The molecule has 0 bridgehead atoms. The molecule has 2 aromatic carbocycles. The Kier molecular flexibility index (Phi) is 4.27. The normalized spacial score (nSPS) is 17.5. The maximum Gasteiger partial charge on any atom is 0.264 e. The van der Waals surface area contributed by atoms with E-state index in [4.69, 9.17) is 4.74 Å². The molecule has 0 aliphatic carbocycles. The van der Waals surface area contributed by atoms with Gasteiger partial charge in [0.05, 0.1) is 23.8 Å². The number of nitrogens with zero attached hydrogens (tertiary/aromatic N) is 1. The van der Waals surface area contributed by atoms with Crippen molar-refractivity contribution in [1.29, 1.82) is 0 Å². The highest BCUT2D eigenvalue weighted by molar-refractivity contribution is 7.92. The summed E-state index contributed by atoms with van der Waals surface area (Å²) in [5.74, 6) is 0.596. The lowest BCUT2D eigenvalue weighted by Gasteiger charge is -2.33. The minimum atomic E-state index is -3.69. The highest BCUT2D eigenvalue weighted by Crippen LogP contribution is 2.39. The van der Waals surface area contributed by atoms with E-state index in [1.165, 1.54) is 4.31 Å². The number of anilines is 1. The number of rotatable bonds is 3. The Labute approximate surface area is 142 Å². The van der Waals surface area contributed by atoms with Crippen LogP contribution in [0.3, 0.4) is 0 Å². The van der Waals surface area contributed by atoms with Gasteiger partial charge in [-0.25, -0.2) is 8.42 Å². The molecule has 128 valence electrons. The molecule has 0 saturated carbocycles. The summed E-state index contributed by atoms with van der Waals surface area (Å²) in [6, 6.07) is 10.5. The Morgan fingerprint density at radius 1 is 1.17 bits per heavy atom. The minimum Gasteiger partial charge on any atom is -0.497 e. The lowest BCUT2D eigenvalue weighted by Crippen LogP contribution is -2.37. The van der Waals surface area contributed by atoms with Crippen molar-refractivity contribution in [2.75, 3.05) is 18.0 Å². The van der Waals surface area contributed by atoms with Crippen molar-refractivity contribution in [1.82, 2.24) is 0 Å². The summed E-state index contributed by atoms with van der Waals surface area (Å²) >= 11 is 0. The number of ether oxygens (including phenoxy) is 1. The fourth-order valence-corrected chi connectivity index (χ4v) is 4.84. The molecule has 1 heterocycles. The van der Waals surface area contributed by atoms with Crippen LogP contribution in [-0.2, 0) is 10.0 Å². The second-order valence-corrected chi connectivity index (χ2v) is 7.91. The van der Waals surface area contributed by atoms with Crippen LogP contribution in [0.15, 0.2) is 41.3 Å². The van der Waals surface area contributed by atoms with Crippen LogP contribution in [0.25, 0.3) is 0 Å². The highest BCUT2D eigenvalue weighted by atomic mass is 32.2. The molecule has 2 aromatic rings. The summed E-state index contributed by atoms with van der Waals surface area (Å²) in [5.41, 5.74) is 2.69. The number of methoxy groups -OCH3 is 1. The molecular weight excluding hydrogens is 326 g/mol. The Hall–Kier alpha value is -2.05. The standard InChI is InChI=1S/C18H21NO4S/c1-12-4-5-13(2)18(10-12)24(21,22)19-9-8-17(20)15-11-14(23-3)6-7-16(15)19/h4-7,10-11,17,20H,8-9H2,1-3H3. The first kappa shape index (κ1) is 16.8. The molecule has 0 radical (unpaired) electrons. The second kappa shape index (κ2) is 6.11. The monoisotopic (exact) mass is 347 g/mol. The largest absolute Gasteiger partial charge is 0.497 e. The predicted molar refractivity (Wildman–Crippen MR) is 93.0 cm³/mol. The lowest BCUT2D eigenvalue weighted by atomic mass is 10.0. The van der Waals surface area contributed by atoms with E-state index >= 15 is 0 Å². The third kappa shape index (κ3) is 2.76. The van der Waals surface area contributed by atoms with Crippen LogP contribution in [0, 0.1) is 13.8 Å². The van der Waals surface area contributed by atoms with E-state index < -0.39 is 16.1 Å². The molecule has 1 N–H and O–H groups in total. The van der Waals surface area contributed by atoms with E-state index in [2.05, 4.69) is 0 Å². The Morgan fingerprint density at radius 2 is 1.92 bits per heavy atom. The lowest BCUT2D eigenvalue weighted by molar-refractivity contribution is 0.166. The van der Waals surface area contributed by atoms with Crippen LogP contribution < -0.4 is 9.04 Å². The first-order valence-corrected chi connectivity index (χ1v) is 9.24. The molecule has 5 nitrogen and oxygen atoms in total. The number of hydrogen-bond acceptors (Lipinski definition) is 4. The number of aliphatic hydroxyl groups is 1. The van der Waals surface area contributed by atoms with Gasteiger partial charge in [-0.2, -0.15) is 0 Å². The number of sulfonamides is 1. The average molecular weight is 347 g/mol. The summed E-state index contributed by atoms with van der Waals surface area (Å²) in [7, 11) is -2.15. The highest BCUT2D eigenvalue weighted by Gasteiger charge is 2.33. The minimum absolute atomic E-state index is 0.246. The van der Waals surface area contributed by atoms with Gasteiger partial charge in [0.1, 0.15) is 5.75 Å². The number of aryl methyl sites for hydroxylation is 2. The van der Waals surface area contributed by atoms with E-state index in [1.807, 2.05) is 19.1 Å². The van der Waals surface area contributed by atoms with Crippen LogP contribution in [0.2, 0.25) is 0 Å². The first-order valence-electron chi connectivity index (χ1n) is 7.80. The van der Waals surface area contributed by atoms with Gasteiger partial charge in [0.25, 0.3) is 10.0 Å². The molecule has 6 heteroatoms. The van der Waals surface area contributed by atoms with Crippen molar-refractivity contribution in [2.24, 2.45) is 0 Å². The summed E-state index contributed by atoms with van der Waals surface area (Å²) in [4.78, 5) is 0.306. The fourth-order valence-electron chi connectivity index (χ4n) is 3.02. The van der Waals surface area contributed by atoms with Gasteiger partial charge < -0.3 is 9.84 Å². The maximum absolute atomic E-state index is 13.2. The van der Waals surface area contributed by atoms with Crippen molar-refractivity contribution in [3.63, 3.8) is 0 Å². The number of benzene rings is 2. The van der Waals surface area contributed by atoms with Crippen molar-refractivity contribution >= 4 is 15.7 Å². The van der Waals surface area contributed by atoms with Gasteiger partial charge in [-0.3, -0.25) is 4.31 Å². The molecule has 0 saturated heterocycles. The van der Waals surface area contributed by atoms with Gasteiger partial charge in [-0.15, -0.1) is 0 Å². The van der Waals surface area contributed by atoms with Crippen molar-refractivity contribution in [2.45, 2.75) is 31.3 Å². The Bertz CT molecular complexity index is 877. The quantitative estimate of drug-likeness (QED) is 0.927. The van der Waals surface area contributed by atoms with Gasteiger partial charge in [0.2, 0.25) is 0 Å². The molecule has 0 aromatic heterocycles. The Balaban J connectivity index is 2.14. The molecule has 1 atom stereocenters. The predicted octanol–water partition coefficient (Wildman–Crippen LogP) is 2.94. The van der Waals surface area contributed by atoms with Gasteiger partial charge >= 0.3 is 0 Å². The van der Waals surface area contributed by atoms with Crippen LogP contribution in [0.5, 0.6) is 5.75 Å². The fraction of sp³-hybridized carbons (Fsp3) is 0.333. The van der Waals surface area contributed by atoms with Crippen molar-refractivity contribution in [3.8, 4) is 5.75 Å². The summed E-state index contributed by atoms with van der Waals surface area (Å²) in [6.07, 6.45) is -0.343. The van der Waals surface area contributed by atoms with Crippen LogP contribution >= 0.6 is 0 Å². The van der Waals surface area contributed by atoms with E-state index in [9.17, 15) is 13.5 Å². The zero-order valence-corrected chi connectivity index (χ0v) is 14.8. The third-order valence-electron chi connectivity index (χ3n) is 4.38. The van der Waals surface area contributed by atoms with E-state index in [0.717, 1.165) is 5.56 Å². The molecular formula is C18H21NO4S. The van der Waals surface area contributed by atoms with Crippen LogP contribution in [0.1, 0.15) is 29.2 Å². The van der Waals surface area contributed by atoms with Gasteiger partial charge in [0, 0.05) is 12.1 Å². The second-order valence-electron chi connectivity index (χ2n) is 6.08. The molecule has 1 unspecified atom stereocenters. The van der Waals surface area contributed by atoms with Crippen molar-refractivity contribution in [3.05, 3.63) is 53.1 Å². The molecule has 24 heavy (non-hydrogen) atoms. The van der Waals surface area contributed by atoms with E-state index in [0.29, 0.717) is 33.9 Å². The first-order chi connectivity index (χ1) is 11.3. The van der Waals surface area contributed by atoms with Crippen LogP contribution in [-0.4, -0.2) is 27.2 Å². The van der Waals surface area contributed by atoms with Gasteiger partial charge in [-0.1, -0.05) is 12.1 Å². The molecule has 3 rings (SSSR count). The average Bonchev–Trinajstić information content (AvgIpc) is 2.56.